The zero-order valence-corrected chi connectivity index (χ0v) is 8.25. The van der Waals surface area contributed by atoms with Gasteiger partial charge in [0.1, 0.15) is 0 Å². The van der Waals surface area contributed by atoms with Crippen LogP contribution in [0.15, 0.2) is 12.7 Å². The van der Waals surface area contributed by atoms with Crippen LogP contribution >= 0.6 is 7.82 Å². The second-order valence-electron chi connectivity index (χ2n) is 1.11. The minimum atomic E-state index is -4.66. The molecule has 0 aliphatic heterocycles. The van der Waals surface area contributed by atoms with E-state index >= 15 is 0 Å². The molecule has 5 nitrogen and oxygen atoms in total. The molecule has 0 aliphatic rings. The van der Waals surface area contributed by atoms with Gasteiger partial charge in [-0.25, -0.2) is 9.36 Å². The van der Waals surface area contributed by atoms with Crippen molar-refractivity contribution in [3.63, 3.8) is 0 Å². The van der Waals surface area contributed by atoms with Crippen LogP contribution in [0.5, 0.6) is 0 Å². The smallest absolute Gasteiger partial charge is 1.00 e. The zero-order chi connectivity index (χ0) is 7.49. The number of hydrogen-bond donors (Lipinski definition) is 2. The van der Waals surface area contributed by atoms with Crippen LogP contribution in [-0.2, 0) is 13.9 Å². The average molecular weight is 176 g/mol. The Hall–Kier alpha value is 0.360. The molecule has 0 bridgehead atoms. The molecule has 0 saturated carbocycles. The van der Waals surface area contributed by atoms with Crippen molar-refractivity contribution in [3.05, 3.63) is 12.7 Å². The van der Waals surface area contributed by atoms with Gasteiger partial charge in [0.05, 0.1) is 0 Å². The Morgan fingerprint density at radius 1 is 1.70 bits per heavy atom. The Kier molecular flexibility index (Phi) is 6.58. The van der Waals surface area contributed by atoms with E-state index in [0.717, 1.165) is 0 Å². The second-order valence-corrected chi connectivity index (χ2v) is 2.27. The second kappa shape index (κ2) is 5.07. The third-order valence-electron chi connectivity index (χ3n) is 0.376. The van der Waals surface area contributed by atoms with Gasteiger partial charge in [-0.05, 0) is 0 Å². The van der Waals surface area contributed by atoms with E-state index in [-0.39, 0.29) is 31.0 Å². The SMILES string of the molecule is C=CC(=O)OP(=O)(O)O.[H-].[Na+]. The summed E-state index contributed by atoms with van der Waals surface area (Å²) in [5.74, 6) is -1.14. The van der Waals surface area contributed by atoms with Crippen molar-refractivity contribution in [1.82, 2.24) is 0 Å². The van der Waals surface area contributed by atoms with E-state index in [2.05, 4.69) is 11.1 Å². The molecule has 0 heterocycles. The summed E-state index contributed by atoms with van der Waals surface area (Å²) < 4.78 is 13.3. The summed E-state index contributed by atoms with van der Waals surface area (Å²) >= 11 is 0. The van der Waals surface area contributed by atoms with Crippen molar-refractivity contribution in [1.29, 1.82) is 0 Å². The first kappa shape index (κ1) is 13.0. The largest absolute Gasteiger partial charge is 1.00 e. The van der Waals surface area contributed by atoms with Crippen LogP contribution in [0.25, 0.3) is 0 Å². The molecular formula is C3H6NaO5P. The number of phosphoric ester groups is 1. The molecule has 2 N–H and O–H groups in total. The summed E-state index contributed by atoms with van der Waals surface area (Å²) in [4.78, 5) is 25.9. The number of hydrogen-bond acceptors (Lipinski definition) is 3. The fraction of sp³-hybridized carbons (Fsp3) is 0. The maximum atomic E-state index is 9.99. The molecule has 0 aromatic carbocycles. The Bertz CT molecular complexity index is 177. The summed E-state index contributed by atoms with van der Waals surface area (Å²) in [6, 6.07) is 0. The minimum absolute atomic E-state index is 0. The quantitative estimate of drug-likeness (QED) is 0.265. The predicted molar refractivity (Wildman–Crippen MR) is 29.4 cm³/mol. The molecule has 0 fully saturated rings. The first-order valence-corrected chi connectivity index (χ1v) is 3.40. The standard InChI is InChI=1S/C3H5O5P.Na.H/c1-2-3(4)8-9(5,6)7;;/h2H,1H2,(H2,5,6,7);;/q;+1;-1. The first-order valence-electron chi connectivity index (χ1n) is 1.87. The van der Waals surface area contributed by atoms with Crippen molar-refractivity contribution in [2.45, 2.75) is 0 Å². The van der Waals surface area contributed by atoms with Gasteiger partial charge in [0, 0.05) is 6.08 Å². The van der Waals surface area contributed by atoms with Gasteiger partial charge in [-0.3, -0.25) is 9.79 Å². The molecule has 0 atom stereocenters. The Morgan fingerprint density at radius 2 is 2.10 bits per heavy atom. The van der Waals surface area contributed by atoms with Crippen molar-refractivity contribution < 1.29 is 54.7 Å². The van der Waals surface area contributed by atoms with E-state index < -0.39 is 13.8 Å². The van der Waals surface area contributed by atoms with Gasteiger partial charge in [-0.15, -0.1) is 0 Å². The zero-order valence-electron chi connectivity index (χ0n) is 6.35. The van der Waals surface area contributed by atoms with Crippen LogP contribution in [0.2, 0.25) is 0 Å². The Balaban J connectivity index is -0.000000320. The van der Waals surface area contributed by atoms with Crippen molar-refractivity contribution in [2.24, 2.45) is 0 Å². The third-order valence-corrected chi connectivity index (χ3v) is 0.793. The van der Waals surface area contributed by atoms with E-state index in [9.17, 15) is 9.36 Å². The van der Waals surface area contributed by atoms with Crippen molar-refractivity contribution in [3.8, 4) is 0 Å². The predicted octanol–water partition coefficient (Wildman–Crippen LogP) is -3.08. The topological polar surface area (TPSA) is 83.8 Å². The number of rotatable bonds is 2. The van der Waals surface area contributed by atoms with Crippen molar-refractivity contribution in [2.75, 3.05) is 0 Å². The average Bonchev–Trinajstić information content (AvgIpc) is 1.62. The van der Waals surface area contributed by atoms with Gasteiger partial charge in [0.15, 0.2) is 0 Å². The van der Waals surface area contributed by atoms with Gasteiger partial charge in [0.2, 0.25) is 0 Å². The Labute approximate surface area is 81.1 Å². The van der Waals surface area contributed by atoms with E-state index in [0.29, 0.717) is 6.08 Å². The Morgan fingerprint density at radius 3 is 2.20 bits per heavy atom. The van der Waals surface area contributed by atoms with Crippen LogP contribution in [0.4, 0.5) is 0 Å². The molecule has 0 spiro atoms. The number of carbonyl (C=O) groups excluding carboxylic acids is 1. The molecule has 0 saturated heterocycles. The fourth-order valence-electron chi connectivity index (χ4n) is 0.154. The van der Waals surface area contributed by atoms with E-state index in [1.807, 2.05) is 0 Å². The van der Waals surface area contributed by atoms with E-state index in [1.54, 1.807) is 0 Å². The normalized spacial score (nSPS) is 9.40. The monoisotopic (exact) mass is 176 g/mol. The van der Waals surface area contributed by atoms with Gasteiger partial charge >= 0.3 is 43.3 Å². The minimum Gasteiger partial charge on any atom is -1.00 e. The van der Waals surface area contributed by atoms with Gasteiger partial charge in [0.25, 0.3) is 0 Å². The van der Waals surface area contributed by atoms with Crippen molar-refractivity contribution >= 4 is 13.8 Å². The molecule has 0 amide bonds. The maximum absolute atomic E-state index is 9.99. The molecule has 0 unspecified atom stereocenters. The van der Waals surface area contributed by atoms with Gasteiger partial charge < -0.3 is 5.95 Å². The third kappa shape index (κ3) is 8.36. The molecule has 7 heteroatoms. The molecule has 54 valence electrons. The maximum Gasteiger partial charge on any atom is 1.00 e. The summed E-state index contributed by atoms with van der Waals surface area (Å²) in [5, 5.41) is 0. The summed E-state index contributed by atoms with van der Waals surface area (Å²) in [6.45, 7) is 2.93. The van der Waals surface area contributed by atoms with E-state index in [4.69, 9.17) is 9.79 Å². The fourth-order valence-corrected chi connectivity index (χ4v) is 0.463. The molecule has 0 aromatic rings. The number of phosphoric acid groups is 1. The van der Waals surface area contributed by atoms with Gasteiger partial charge in [-0.1, -0.05) is 6.58 Å². The van der Waals surface area contributed by atoms with Crippen LogP contribution in [0.3, 0.4) is 0 Å². The van der Waals surface area contributed by atoms with Crippen LogP contribution in [-0.4, -0.2) is 15.8 Å². The van der Waals surface area contributed by atoms with E-state index in [1.165, 1.54) is 0 Å². The van der Waals surface area contributed by atoms with Crippen LogP contribution < -0.4 is 29.6 Å². The molecule has 0 rings (SSSR count). The summed E-state index contributed by atoms with van der Waals surface area (Å²) in [5.41, 5.74) is 0. The first-order chi connectivity index (χ1) is 3.95. The molecule has 0 aromatic heterocycles. The van der Waals surface area contributed by atoms with Crippen LogP contribution in [0, 0.1) is 0 Å². The molecule has 0 radical (unpaired) electrons. The molecule has 0 aliphatic carbocycles. The summed E-state index contributed by atoms with van der Waals surface area (Å²) in [6.07, 6.45) is 0.666. The summed E-state index contributed by atoms with van der Waals surface area (Å²) in [7, 11) is -4.66. The molecular weight excluding hydrogens is 170 g/mol. The molecule has 10 heavy (non-hydrogen) atoms. The van der Waals surface area contributed by atoms with Crippen LogP contribution in [0.1, 0.15) is 1.43 Å². The number of carbonyl (C=O) groups is 1. The van der Waals surface area contributed by atoms with Gasteiger partial charge in [-0.2, -0.15) is 0 Å².